The van der Waals surface area contributed by atoms with Gasteiger partial charge in [0.15, 0.2) is 5.84 Å². The van der Waals surface area contributed by atoms with Crippen LogP contribution < -0.4 is 10.6 Å². The summed E-state index contributed by atoms with van der Waals surface area (Å²) in [5.74, 6) is 0.908. The van der Waals surface area contributed by atoms with Gasteiger partial charge in [0.1, 0.15) is 11.5 Å². The van der Waals surface area contributed by atoms with Crippen LogP contribution in [0.15, 0.2) is 23.4 Å². The Hall–Kier alpha value is -1.82. The molecule has 0 amide bonds. The summed E-state index contributed by atoms with van der Waals surface area (Å²) in [5, 5.41) is 11.7. The Morgan fingerprint density at radius 1 is 1.50 bits per heavy atom. The number of likely N-dealkylation sites (tertiary alicyclic amines) is 1. The molecule has 110 valence electrons. The van der Waals surface area contributed by atoms with Crippen molar-refractivity contribution in [1.82, 2.24) is 9.88 Å². The Bertz CT molecular complexity index is 468. The van der Waals surface area contributed by atoms with Crippen LogP contribution in [-0.4, -0.2) is 53.7 Å². The van der Waals surface area contributed by atoms with Crippen LogP contribution in [0.3, 0.4) is 0 Å². The van der Waals surface area contributed by atoms with Crippen molar-refractivity contribution in [2.45, 2.75) is 25.8 Å². The maximum Gasteiger partial charge on any atom is 0.188 e. The molecule has 20 heavy (non-hydrogen) atoms. The Kier molecular flexibility index (Phi) is 4.79. The molecule has 2 rings (SSSR count). The third-order valence-corrected chi connectivity index (χ3v) is 4.02. The SMILES string of the molecule is CCN1CCC(N(C)c2cccc(C(N)=NO)n2)CC1. The largest absolute Gasteiger partial charge is 0.409 e. The fourth-order valence-electron chi connectivity index (χ4n) is 2.62. The molecule has 0 atom stereocenters. The van der Waals surface area contributed by atoms with E-state index in [1.54, 1.807) is 6.07 Å². The van der Waals surface area contributed by atoms with Gasteiger partial charge in [-0.25, -0.2) is 4.98 Å². The van der Waals surface area contributed by atoms with Crippen LogP contribution in [0, 0.1) is 0 Å². The number of nitrogens with two attached hydrogens (primary N) is 1. The lowest BCUT2D eigenvalue weighted by Gasteiger charge is -2.36. The molecule has 1 fully saturated rings. The molecule has 0 saturated carbocycles. The van der Waals surface area contributed by atoms with E-state index >= 15 is 0 Å². The first-order chi connectivity index (χ1) is 9.65. The van der Waals surface area contributed by atoms with Crippen LogP contribution >= 0.6 is 0 Å². The minimum atomic E-state index is 0.0426. The highest BCUT2D eigenvalue weighted by Gasteiger charge is 2.22. The number of hydrogen-bond acceptors (Lipinski definition) is 5. The number of amidine groups is 1. The predicted octanol–water partition coefficient (Wildman–Crippen LogP) is 1.10. The molecule has 1 aliphatic rings. The molecule has 0 aromatic carbocycles. The van der Waals surface area contributed by atoms with Crippen LogP contribution in [0.25, 0.3) is 0 Å². The topological polar surface area (TPSA) is 78.0 Å². The third-order valence-electron chi connectivity index (χ3n) is 4.02. The fraction of sp³-hybridized carbons (Fsp3) is 0.571. The highest BCUT2D eigenvalue weighted by Crippen LogP contribution is 2.20. The Labute approximate surface area is 119 Å². The zero-order valence-corrected chi connectivity index (χ0v) is 12.2. The Balaban J connectivity index is 2.08. The average Bonchev–Trinajstić information content (AvgIpc) is 2.53. The molecule has 6 heteroatoms. The minimum Gasteiger partial charge on any atom is -0.409 e. The van der Waals surface area contributed by atoms with Gasteiger partial charge in [0, 0.05) is 26.2 Å². The lowest BCUT2D eigenvalue weighted by atomic mass is 10.0. The minimum absolute atomic E-state index is 0.0426. The molecule has 0 bridgehead atoms. The summed E-state index contributed by atoms with van der Waals surface area (Å²) in [4.78, 5) is 9.11. The molecule has 1 aromatic rings. The van der Waals surface area contributed by atoms with E-state index in [0.717, 1.165) is 38.3 Å². The quantitative estimate of drug-likeness (QED) is 0.373. The Morgan fingerprint density at radius 2 is 2.20 bits per heavy atom. The van der Waals surface area contributed by atoms with E-state index in [4.69, 9.17) is 10.9 Å². The second-order valence-corrected chi connectivity index (χ2v) is 5.14. The number of hydrogen-bond donors (Lipinski definition) is 2. The van der Waals surface area contributed by atoms with Crippen LogP contribution in [0.5, 0.6) is 0 Å². The zero-order chi connectivity index (χ0) is 14.5. The van der Waals surface area contributed by atoms with E-state index in [9.17, 15) is 0 Å². The highest BCUT2D eigenvalue weighted by atomic mass is 16.4. The third kappa shape index (κ3) is 3.19. The fourth-order valence-corrected chi connectivity index (χ4v) is 2.62. The maximum atomic E-state index is 8.73. The number of rotatable bonds is 4. The second-order valence-electron chi connectivity index (χ2n) is 5.14. The molecule has 1 aliphatic heterocycles. The molecular weight excluding hydrogens is 254 g/mol. The lowest BCUT2D eigenvalue weighted by Crippen LogP contribution is -2.43. The van der Waals surface area contributed by atoms with Crippen molar-refractivity contribution in [2.24, 2.45) is 10.9 Å². The van der Waals surface area contributed by atoms with E-state index in [-0.39, 0.29) is 5.84 Å². The summed E-state index contributed by atoms with van der Waals surface area (Å²) in [6, 6.07) is 6.08. The van der Waals surface area contributed by atoms with Gasteiger partial charge in [-0.05, 0) is 31.5 Å². The van der Waals surface area contributed by atoms with Gasteiger partial charge < -0.3 is 20.7 Å². The highest BCUT2D eigenvalue weighted by molar-refractivity contribution is 5.95. The summed E-state index contributed by atoms with van der Waals surface area (Å²) in [5.41, 5.74) is 6.09. The van der Waals surface area contributed by atoms with Gasteiger partial charge in [-0.2, -0.15) is 0 Å². The first kappa shape index (κ1) is 14.6. The van der Waals surface area contributed by atoms with E-state index in [2.05, 4.69) is 33.9 Å². The number of anilines is 1. The van der Waals surface area contributed by atoms with Gasteiger partial charge in [0.05, 0.1) is 0 Å². The molecule has 6 nitrogen and oxygen atoms in total. The number of piperidine rings is 1. The molecule has 0 aliphatic carbocycles. The molecule has 1 saturated heterocycles. The molecule has 1 aromatic heterocycles. The zero-order valence-electron chi connectivity index (χ0n) is 12.2. The smallest absolute Gasteiger partial charge is 0.188 e. The summed E-state index contributed by atoms with van der Waals surface area (Å²) in [6.07, 6.45) is 2.28. The van der Waals surface area contributed by atoms with E-state index < -0.39 is 0 Å². The van der Waals surface area contributed by atoms with Crippen molar-refractivity contribution < 1.29 is 5.21 Å². The first-order valence-corrected chi connectivity index (χ1v) is 7.05. The van der Waals surface area contributed by atoms with E-state index in [0.29, 0.717) is 11.7 Å². The van der Waals surface area contributed by atoms with E-state index in [1.165, 1.54) is 0 Å². The molecule has 0 spiro atoms. The van der Waals surface area contributed by atoms with Crippen LogP contribution in [0.4, 0.5) is 5.82 Å². The van der Waals surface area contributed by atoms with Gasteiger partial charge in [0.25, 0.3) is 0 Å². The van der Waals surface area contributed by atoms with Gasteiger partial charge in [-0.3, -0.25) is 0 Å². The van der Waals surface area contributed by atoms with Crippen molar-refractivity contribution >= 4 is 11.7 Å². The molecule has 3 N–H and O–H groups in total. The van der Waals surface area contributed by atoms with Crippen molar-refractivity contribution in [1.29, 1.82) is 0 Å². The normalized spacial score (nSPS) is 18.2. The number of nitrogens with zero attached hydrogens (tertiary/aromatic N) is 4. The summed E-state index contributed by atoms with van der Waals surface area (Å²) >= 11 is 0. The van der Waals surface area contributed by atoms with Crippen molar-refractivity contribution in [3.63, 3.8) is 0 Å². The summed E-state index contributed by atoms with van der Waals surface area (Å²) in [7, 11) is 2.06. The summed E-state index contributed by atoms with van der Waals surface area (Å²) in [6.45, 7) is 5.58. The monoisotopic (exact) mass is 277 g/mol. The molecule has 0 unspecified atom stereocenters. The maximum absolute atomic E-state index is 8.73. The number of aromatic nitrogens is 1. The van der Waals surface area contributed by atoms with Gasteiger partial charge in [-0.15, -0.1) is 0 Å². The van der Waals surface area contributed by atoms with Crippen molar-refractivity contribution in [3.05, 3.63) is 23.9 Å². The average molecular weight is 277 g/mol. The Morgan fingerprint density at radius 3 is 2.80 bits per heavy atom. The predicted molar refractivity (Wildman–Crippen MR) is 80.3 cm³/mol. The first-order valence-electron chi connectivity index (χ1n) is 7.05. The van der Waals surface area contributed by atoms with Crippen molar-refractivity contribution in [2.75, 3.05) is 31.6 Å². The number of pyridine rings is 1. The number of oxime groups is 1. The van der Waals surface area contributed by atoms with Crippen LogP contribution in [-0.2, 0) is 0 Å². The van der Waals surface area contributed by atoms with E-state index in [1.807, 2.05) is 12.1 Å². The van der Waals surface area contributed by atoms with Crippen molar-refractivity contribution in [3.8, 4) is 0 Å². The molecule has 2 heterocycles. The summed E-state index contributed by atoms with van der Waals surface area (Å²) < 4.78 is 0. The molecular formula is C14H23N5O. The van der Waals surface area contributed by atoms with Crippen LogP contribution in [0.2, 0.25) is 0 Å². The van der Waals surface area contributed by atoms with Gasteiger partial charge >= 0.3 is 0 Å². The van der Waals surface area contributed by atoms with Gasteiger partial charge in [-0.1, -0.05) is 18.1 Å². The van der Waals surface area contributed by atoms with Crippen LogP contribution in [0.1, 0.15) is 25.5 Å². The lowest BCUT2D eigenvalue weighted by molar-refractivity contribution is 0.220. The standard InChI is InChI=1S/C14H23N5O/c1-3-19-9-7-11(8-10-19)18(2)13-6-4-5-12(16-13)14(15)17-20/h4-6,11,20H,3,7-10H2,1-2H3,(H2,15,17). The van der Waals surface area contributed by atoms with Gasteiger partial charge in [0.2, 0.25) is 0 Å². The second kappa shape index (κ2) is 6.56. The molecule has 0 radical (unpaired) electrons.